The van der Waals surface area contributed by atoms with E-state index in [2.05, 4.69) is 30.9 Å². The van der Waals surface area contributed by atoms with Crippen LogP contribution >= 0.6 is 24.0 Å². The fourth-order valence-corrected chi connectivity index (χ4v) is 5.73. The number of benzene rings is 1. The standard InChI is InChI=1S/C24H28N4O2S2/c1-4-15(3)28-23(30)19(32-24(28)31)13-18-12-17-7-5-6-14(2)20(17)26-22(18)27-10-8-16(9-11-27)21(25)29/h5-7,12-13,15-16H,4,8-11H2,1-3H3,(H2,25,29)/b19-13-. The third-order valence-corrected chi connectivity index (χ3v) is 7.72. The van der Waals surface area contributed by atoms with Gasteiger partial charge in [0.1, 0.15) is 10.1 Å². The maximum absolute atomic E-state index is 13.1. The Hall–Kier alpha value is -2.45. The van der Waals surface area contributed by atoms with Gasteiger partial charge in [0.15, 0.2) is 0 Å². The van der Waals surface area contributed by atoms with E-state index in [4.69, 9.17) is 22.9 Å². The highest BCUT2D eigenvalue weighted by molar-refractivity contribution is 8.26. The summed E-state index contributed by atoms with van der Waals surface area (Å²) in [5, 5.41) is 1.03. The zero-order valence-electron chi connectivity index (χ0n) is 18.6. The molecule has 0 spiro atoms. The largest absolute Gasteiger partial charge is 0.369 e. The molecular weight excluding hydrogens is 440 g/mol. The predicted octanol–water partition coefficient (Wildman–Crippen LogP) is 4.24. The number of rotatable bonds is 5. The van der Waals surface area contributed by atoms with Crippen LogP contribution in [0, 0.1) is 12.8 Å². The summed E-state index contributed by atoms with van der Waals surface area (Å²) >= 11 is 6.85. The summed E-state index contributed by atoms with van der Waals surface area (Å²) in [7, 11) is 0. The minimum Gasteiger partial charge on any atom is -0.369 e. The lowest BCUT2D eigenvalue weighted by Crippen LogP contribution is -2.39. The number of carbonyl (C=O) groups excluding carboxylic acids is 2. The zero-order valence-corrected chi connectivity index (χ0v) is 20.3. The second kappa shape index (κ2) is 9.19. The van der Waals surface area contributed by atoms with Gasteiger partial charge in [-0.05, 0) is 50.8 Å². The van der Waals surface area contributed by atoms with Gasteiger partial charge >= 0.3 is 0 Å². The van der Waals surface area contributed by atoms with Gasteiger partial charge in [0.2, 0.25) is 5.91 Å². The first-order valence-corrected chi connectivity index (χ1v) is 12.2. The number of aryl methyl sites for hydroxylation is 1. The van der Waals surface area contributed by atoms with E-state index in [1.165, 1.54) is 11.8 Å². The van der Waals surface area contributed by atoms with E-state index in [1.54, 1.807) is 4.90 Å². The molecule has 1 atom stereocenters. The van der Waals surface area contributed by atoms with Crippen molar-refractivity contribution in [1.29, 1.82) is 0 Å². The average Bonchev–Trinajstić information content (AvgIpc) is 3.06. The normalized spacial score (nSPS) is 19.9. The number of thioether (sulfide) groups is 1. The van der Waals surface area contributed by atoms with Crippen LogP contribution in [-0.4, -0.2) is 45.2 Å². The smallest absolute Gasteiger partial charge is 0.266 e. The van der Waals surface area contributed by atoms with E-state index < -0.39 is 0 Å². The molecule has 2 aliphatic heterocycles. The van der Waals surface area contributed by atoms with E-state index in [1.807, 2.05) is 25.1 Å². The lowest BCUT2D eigenvalue weighted by atomic mass is 9.96. The van der Waals surface area contributed by atoms with E-state index in [-0.39, 0.29) is 23.8 Å². The van der Waals surface area contributed by atoms with E-state index in [9.17, 15) is 9.59 Å². The highest BCUT2D eigenvalue weighted by Crippen LogP contribution is 2.37. The molecule has 1 unspecified atom stereocenters. The van der Waals surface area contributed by atoms with Crippen LogP contribution in [0.2, 0.25) is 0 Å². The summed E-state index contributed by atoms with van der Waals surface area (Å²) < 4.78 is 0.601. The van der Waals surface area contributed by atoms with Gasteiger partial charge in [-0.3, -0.25) is 14.5 Å². The quantitative estimate of drug-likeness (QED) is 0.522. The Morgan fingerprint density at radius 3 is 2.75 bits per heavy atom. The van der Waals surface area contributed by atoms with Crippen LogP contribution in [0.15, 0.2) is 29.2 Å². The van der Waals surface area contributed by atoms with Crippen molar-refractivity contribution in [2.24, 2.45) is 11.7 Å². The molecular formula is C24H28N4O2S2. The van der Waals surface area contributed by atoms with E-state index in [0.717, 1.165) is 34.3 Å². The molecule has 1 aromatic heterocycles. The number of aromatic nitrogens is 1. The monoisotopic (exact) mass is 468 g/mol. The summed E-state index contributed by atoms with van der Waals surface area (Å²) in [6, 6.07) is 8.28. The van der Waals surface area contributed by atoms with Gasteiger partial charge in [0.05, 0.1) is 10.4 Å². The van der Waals surface area contributed by atoms with Gasteiger partial charge in [-0.25, -0.2) is 4.98 Å². The maximum Gasteiger partial charge on any atom is 0.266 e. The average molecular weight is 469 g/mol. The fraction of sp³-hybridized carbons (Fsp3) is 0.417. The predicted molar refractivity (Wildman–Crippen MR) is 135 cm³/mol. The van der Waals surface area contributed by atoms with Crippen LogP contribution in [0.25, 0.3) is 17.0 Å². The highest BCUT2D eigenvalue weighted by atomic mass is 32.2. The van der Waals surface area contributed by atoms with Crippen LogP contribution in [-0.2, 0) is 9.59 Å². The molecule has 2 aliphatic rings. The Morgan fingerprint density at radius 2 is 2.09 bits per heavy atom. The number of thiocarbonyl (C=S) groups is 1. The van der Waals surface area contributed by atoms with Gasteiger partial charge in [-0.1, -0.05) is 49.1 Å². The van der Waals surface area contributed by atoms with Crippen molar-refractivity contribution in [2.45, 2.75) is 46.1 Å². The third kappa shape index (κ3) is 4.26. The second-order valence-electron chi connectivity index (χ2n) is 8.52. The second-order valence-corrected chi connectivity index (χ2v) is 10.2. The number of para-hydroxylation sites is 1. The lowest BCUT2D eigenvalue weighted by molar-refractivity contribution is -0.123. The molecule has 8 heteroatoms. The number of amides is 2. The first-order valence-electron chi connectivity index (χ1n) is 11.0. The molecule has 168 valence electrons. The van der Waals surface area contributed by atoms with Gasteiger partial charge < -0.3 is 10.6 Å². The van der Waals surface area contributed by atoms with E-state index >= 15 is 0 Å². The number of hydrogen-bond acceptors (Lipinski definition) is 6. The van der Waals surface area contributed by atoms with Crippen molar-refractivity contribution in [2.75, 3.05) is 18.0 Å². The first-order chi connectivity index (χ1) is 15.3. The Kier molecular flexibility index (Phi) is 6.53. The third-order valence-electron chi connectivity index (χ3n) is 6.39. The molecule has 0 saturated carbocycles. The van der Waals surface area contributed by atoms with Crippen molar-refractivity contribution < 1.29 is 9.59 Å². The van der Waals surface area contributed by atoms with Crippen molar-refractivity contribution in [1.82, 2.24) is 9.88 Å². The Labute approximate surface area is 198 Å². The highest BCUT2D eigenvalue weighted by Gasteiger charge is 2.35. The van der Waals surface area contributed by atoms with Crippen molar-refractivity contribution in [3.05, 3.63) is 40.3 Å². The molecule has 0 aliphatic carbocycles. The summed E-state index contributed by atoms with van der Waals surface area (Å²) in [4.78, 5) is 34.3. The fourth-order valence-electron chi connectivity index (χ4n) is 4.27. The molecule has 2 aromatic rings. The Morgan fingerprint density at radius 1 is 1.38 bits per heavy atom. The summed E-state index contributed by atoms with van der Waals surface area (Å²) in [6.45, 7) is 7.52. The van der Waals surface area contributed by atoms with Crippen molar-refractivity contribution in [3.8, 4) is 0 Å². The number of anilines is 1. The number of hydrogen-bond donors (Lipinski definition) is 1. The molecule has 2 fully saturated rings. The molecule has 2 saturated heterocycles. The number of carbonyl (C=O) groups is 2. The SMILES string of the molecule is CCC(C)N1C(=O)/C(=C/c2cc3cccc(C)c3nc2N2CCC(C(N)=O)CC2)SC1=S. The van der Waals surface area contributed by atoms with E-state index in [0.29, 0.717) is 35.2 Å². The number of piperidine rings is 1. The molecule has 6 nitrogen and oxygen atoms in total. The van der Waals surface area contributed by atoms with Gasteiger partial charge in [-0.2, -0.15) is 0 Å². The number of fused-ring (bicyclic) bond motifs is 1. The molecule has 4 rings (SSSR count). The number of nitrogens with two attached hydrogens (primary N) is 1. The number of primary amides is 1. The molecule has 2 amide bonds. The zero-order chi connectivity index (χ0) is 23.0. The molecule has 2 N–H and O–H groups in total. The number of pyridine rings is 1. The molecule has 3 heterocycles. The molecule has 1 aromatic carbocycles. The molecule has 32 heavy (non-hydrogen) atoms. The first kappa shape index (κ1) is 22.7. The van der Waals surface area contributed by atoms with Crippen LogP contribution in [0.5, 0.6) is 0 Å². The topological polar surface area (TPSA) is 79.5 Å². The van der Waals surface area contributed by atoms with Gasteiger partial charge in [0, 0.05) is 36.0 Å². The number of nitrogens with zero attached hydrogens (tertiary/aromatic N) is 3. The molecule has 0 radical (unpaired) electrons. The van der Waals surface area contributed by atoms with Crippen molar-refractivity contribution in [3.63, 3.8) is 0 Å². The summed E-state index contributed by atoms with van der Waals surface area (Å²) in [6.07, 6.45) is 4.18. The van der Waals surface area contributed by atoms with Crippen LogP contribution in [0.4, 0.5) is 5.82 Å². The van der Waals surface area contributed by atoms with Crippen LogP contribution < -0.4 is 10.6 Å². The van der Waals surface area contributed by atoms with Gasteiger partial charge in [0.25, 0.3) is 5.91 Å². The van der Waals surface area contributed by atoms with Crippen LogP contribution in [0.1, 0.15) is 44.2 Å². The van der Waals surface area contributed by atoms with Crippen molar-refractivity contribution >= 4 is 62.9 Å². The minimum absolute atomic E-state index is 0.0444. The summed E-state index contributed by atoms with van der Waals surface area (Å²) in [5.41, 5.74) is 8.47. The Bertz CT molecular complexity index is 1120. The lowest BCUT2D eigenvalue weighted by Gasteiger charge is -2.32. The minimum atomic E-state index is -0.235. The maximum atomic E-state index is 13.1. The summed E-state index contributed by atoms with van der Waals surface area (Å²) in [5.74, 6) is 0.463. The van der Waals surface area contributed by atoms with Crippen LogP contribution in [0.3, 0.4) is 0 Å². The van der Waals surface area contributed by atoms with Gasteiger partial charge in [-0.15, -0.1) is 0 Å². The Balaban J connectivity index is 1.76. The molecule has 0 bridgehead atoms.